The first-order valence-electron chi connectivity index (χ1n) is 11.0. The zero-order valence-corrected chi connectivity index (χ0v) is 19.1. The highest BCUT2D eigenvalue weighted by Gasteiger charge is 2.27. The number of carboxylic acid groups (broad SMARTS) is 1. The lowest BCUT2D eigenvalue weighted by Crippen LogP contribution is -2.33. The molecule has 0 unspecified atom stereocenters. The van der Waals surface area contributed by atoms with E-state index in [4.69, 9.17) is 9.52 Å². The van der Waals surface area contributed by atoms with Crippen molar-refractivity contribution in [3.63, 3.8) is 0 Å². The van der Waals surface area contributed by atoms with E-state index in [1.54, 1.807) is 6.20 Å². The van der Waals surface area contributed by atoms with E-state index in [0.29, 0.717) is 11.3 Å². The van der Waals surface area contributed by atoms with Crippen LogP contribution in [0.1, 0.15) is 50.6 Å². The Morgan fingerprint density at radius 3 is 2.20 bits per heavy atom. The number of nitrogens with zero attached hydrogens (tertiary/aromatic N) is 1. The number of rotatable bonds is 4. The van der Waals surface area contributed by atoms with Crippen molar-refractivity contribution < 1.29 is 19.1 Å². The van der Waals surface area contributed by atoms with Gasteiger partial charge in [0.05, 0.1) is 6.54 Å². The second-order valence-corrected chi connectivity index (χ2v) is 8.59. The predicted octanol–water partition coefficient (Wildman–Crippen LogP) is 4.52. The number of carbonyl (C=O) groups is 1. The Morgan fingerprint density at radius 2 is 1.60 bits per heavy atom. The van der Waals surface area contributed by atoms with Gasteiger partial charge in [-0.15, -0.1) is 0 Å². The monoisotopic (exact) mass is 470 g/mol. The van der Waals surface area contributed by atoms with E-state index >= 15 is 0 Å². The molecule has 4 aromatic rings. The van der Waals surface area contributed by atoms with Crippen molar-refractivity contribution >= 4 is 18.3 Å². The SMILES string of the molecule is Cc1ccc2c(c1)C=Cc1cc(C)ccc1C2c1cn(Cc2ccc(OC(=O)O)o2)c(=O)[nH]c1=O. The Bertz CT molecular complexity index is 1550. The minimum Gasteiger partial charge on any atom is -0.449 e. The highest BCUT2D eigenvalue weighted by molar-refractivity contribution is 5.78. The summed E-state index contributed by atoms with van der Waals surface area (Å²) in [6.45, 7) is 4.02. The summed E-state index contributed by atoms with van der Waals surface area (Å²) >= 11 is 0. The standard InChI is InChI=1S/C27H22N2O6/c1-15-3-8-20-17(11-15)5-6-18-12-16(2)4-9-21(18)24(20)22-14-29(26(31)28-25(22)30)13-19-7-10-23(34-19)35-27(32)33/h3-12,14,24H,13H2,1-2H3,(H,32,33)(H,28,30,31). The van der Waals surface area contributed by atoms with E-state index in [1.807, 2.05) is 38.1 Å². The van der Waals surface area contributed by atoms with Crippen LogP contribution in [0.4, 0.5) is 4.79 Å². The maximum Gasteiger partial charge on any atom is 0.513 e. The van der Waals surface area contributed by atoms with Crippen LogP contribution in [0.2, 0.25) is 0 Å². The molecule has 8 nitrogen and oxygen atoms in total. The Hall–Kier alpha value is -4.59. The number of nitrogens with one attached hydrogen (secondary N) is 1. The molecule has 8 heteroatoms. The Morgan fingerprint density at radius 1 is 0.971 bits per heavy atom. The smallest absolute Gasteiger partial charge is 0.449 e. The second kappa shape index (κ2) is 8.64. The highest BCUT2D eigenvalue weighted by Crippen LogP contribution is 2.38. The number of furan rings is 1. The molecule has 0 bridgehead atoms. The van der Waals surface area contributed by atoms with Gasteiger partial charge in [-0.25, -0.2) is 9.59 Å². The van der Waals surface area contributed by atoms with Crippen molar-refractivity contribution in [2.45, 2.75) is 26.3 Å². The largest absolute Gasteiger partial charge is 0.513 e. The lowest BCUT2D eigenvalue weighted by atomic mass is 9.82. The lowest BCUT2D eigenvalue weighted by Gasteiger charge is -2.21. The van der Waals surface area contributed by atoms with Crippen LogP contribution in [0, 0.1) is 13.8 Å². The Balaban J connectivity index is 1.65. The van der Waals surface area contributed by atoms with Crippen LogP contribution in [0.5, 0.6) is 5.95 Å². The first-order chi connectivity index (χ1) is 16.8. The molecule has 0 aliphatic heterocycles. The van der Waals surface area contributed by atoms with Gasteiger partial charge in [-0.2, -0.15) is 0 Å². The van der Waals surface area contributed by atoms with Gasteiger partial charge in [0.15, 0.2) is 0 Å². The van der Waals surface area contributed by atoms with Gasteiger partial charge >= 0.3 is 11.8 Å². The number of aryl methyl sites for hydroxylation is 2. The van der Waals surface area contributed by atoms with Gasteiger partial charge in [0.1, 0.15) is 5.76 Å². The quantitative estimate of drug-likeness (QED) is 0.374. The predicted molar refractivity (Wildman–Crippen MR) is 130 cm³/mol. The molecule has 35 heavy (non-hydrogen) atoms. The van der Waals surface area contributed by atoms with E-state index in [2.05, 4.69) is 34.0 Å². The molecule has 1 aliphatic carbocycles. The summed E-state index contributed by atoms with van der Waals surface area (Å²) in [4.78, 5) is 38.9. The van der Waals surface area contributed by atoms with Gasteiger partial charge < -0.3 is 14.3 Å². The molecule has 2 heterocycles. The van der Waals surface area contributed by atoms with Gasteiger partial charge in [0.25, 0.3) is 11.5 Å². The maximum absolute atomic E-state index is 13.1. The summed E-state index contributed by atoms with van der Waals surface area (Å²) in [5.41, 5.74) is 5.47. The number of fused-ring (bicyclic) bond motifs is 2. The van der Waals surface area contributed by atoms with E-state index in [0.717, 1.165) is 33.4 Å². The van der Waals surface area contributed by atoms with E-state index in [9.17, 15) is 14.4 Å². The van der Waals surface area contributed by atoms with Crippen LogP contribution in [0.15, 0.2) is 68.7 Å². The van der Waals surface area contributed by atoms with Gasteiger partial charge in [-0.05, 0) is 42.2 Å². The normalized spacial score (nSPS) is 12.6. The second-order valence-electron chi connectivity index (χ2n) is 8.59. The topological polar surface area (TPSA) is 115 Å². The van der Waals surface area contributed by atoms with Gasteiger partial charge in [-0.1, -0.05) is 59.7 Å². The molecule has 0 radical (unpaired) electrons. The number of hydrogen-bond acceptors (Lipinski definition) is 5. The third-order valence-corrected chi connectivity index (χ3v) is 6.05. The maximum atomic E-state index is 13.1. The molecule has 176 valence electrons. The summed E-state index contributed by atoms with van der Waals surface area (Å²) in [6.07, 6.45) is 4.15. The fourth-order valence-corrected chi connectivity index (χ4v) is 4.49. The van der Waals surface area contributed by atoms with Crippen molar-refractivity contribution in [3.8, 4) is 5.95 Å². The van der Waals surface area contributed by atoms with Crippen LogP contribution in [0.25, 0.3) is 12.2 Å². The molecule has 0 saturated heterocycles. The summed E-state index contributed by atoms with van der Waals surface area (Å²) in [7, 11) is 0. The zero-order valence-electron chi connectivity index (χ0n) is 19.1. The summed E-state index contributed by atoms with van der Waals surface area (Å²) in [5.74, 6) is -0.307. The molecule has 5 rings (SSSR count). The average Bonchev–Trinajstić information content (AvgIpc) is 3.16. The van der Waals surface area contributed by atoms with E-state index in [-0.39, 0.29) is 12.5 Å². The van der Waals surface area contributed by atoms with Gasteiger partial charge in [-0.3, -0.25) is 14.3 Å². The molecule has 2 aromatic carbocycles. The molecular weight excluding hydrogens is 448 g/mol. The first-order valence-corrected chi connectivity index (χ1v) is 11.0. The fraction of sp³-hybridized carbons (Fsp3) is 0.148. The molecular formula is C27H22N2O6. The number of H-pyrrole nitrogens is 1. The molecule has 0 atom stereocenters. The van der Waals surface area contributed by atoms with Crippen molar-refractivity contribution in [1.29, 1.82) is 0 Å². The number of aromatic nitrogens is 2. The molecule has 0 fully saturated rings. The van der Waals surface area contributed by atoms with Gasteiger partial charge in [0, 0.05) is 23.7 Å². The summed E-state index contributed by atoms with van der Waals surface area (Å²) < 4.78 is 11.2. The lowest BCUT2D eigenvalue weighted by molar-refractivity contribution is 0.132. The van der Waals surface area contributed by atoms with Crippen LogP contribution in [-0.2, 0) is 6.54 Å². The molecule has 0 saturated carbocycles. The number of hydrogen-bond donors (Lipinski definition) is 2. The molecule has 2 N–H and O–H groups in total. The number of aromatic amines is 1. The summed E-state index contributed by atoms with van der Waals surface area (Å²) in [5, 5.41) is 8.76. The van der Waals surface area contributed by atoms with Crippen LogP contribution in [-0.4, -0.2) is 20.8 Å². The summed E-state index contributed by atoms with van der Waals surface area (Å²) in [6, 6.07) is 15.1. The number of ether oxygens (including phenoxy) is 1. The molecule has 0 spiro atoms. The van der Waals surface area contributed by atoms with Crippen LogP contribution >= 0.6 is 0 Å². The average molecular weight is 470 g/mol. The van der Waals surface area contributed by atoms with Crippen molar-refractivity contribution in [2.75, 3.05) is 0 Å². The van der Waals surface area contributed by atoms with E-state index < -0.39 is 23.3 Å². The third-order valence-electron chi connectivity index (χ3n) is 6.05. The Kier molecular flexibility index (Phi) is 5.49. The van der Waals surface area contributed by atoms with Crippen LogP contribution in [0.3, 0.4) is 0 Å². The first kappa shape index (κ1) is 22.2. The van der Waals surface area contributed by atoms with E-state index in [1.165, 1.54) is 16.7 Å². The zero-order chi connectivity index (χ0) is 24.7. The fourth-order valence-electron chi connectivity index (χ4n) is 4.49. The van der Waals surface area contributed by atoms with Gasteiger partial charge in [0.2, 0.25) is 0 Å². The van der Waals surface area contributed by atoms with Crippen LogP contribution < -0.4 is 16.0 Å². The van der Waals surface area contributed by atoms with Crippen molar-refractivity contribution in [2.24, 2.45) is 0 Å². The molecule has 0 amide bonds. The third kappa shape index (κ3) is 4.33. The Labute approximate surface area is 199 Å². The molecule has 1 aliphatic rings. The number of benzene rings is 2. The van der Waals surface area contributed by atoms with Crippen molar-refractivity contribution in [3.05, 3.63) is 120 Å². The van der Waals surface area contributed by atoms with Crippen molar-refractivity contribution in [1.82, 2.24) is 9.55 Å². The minimum absolute atomic E-state index is 0.0158. The highest BCUT2D eigenvalue weighted by atomic mass is 16.7. The minimum atomic E-state index is -1.50. The molecule has 2 aromatic heterocycles.